The van der Waals surface area contributed by atoms with Crippen LogP contribution in [-0.4, -0.2) is 42.0 Å². The van der Waals surface area contributed by atoms with Gasteiger partial charge >= 0.3 is 0 Å². The van der Waals surface area contributed by atoms with E-state index < -0.39 is 0 Å². The Morgan fingerprint density at radius 1 is 1.47 bits per heavy atom. The van der Waals surface area contributed by atoms with Gasteiger partial charge in [-0.2, -0.15) is 0 Å². The van der Waals surface area contributed by atoms with Gasteiger partial charge in [0.1, 0.15) is 0 Å². The SMILES string of the molecule is CC1CCN(CCCN(N)C(=N)N)CC1. The van der Waals surface area contributed by atoms with Crippen LogP contribution in [0.5, 0.6) is 0 Å². The molecular weight excluding hydrogens is 190 g/mol. The Hall–Kier alpha value is -0.810. The Kier molecular flexibility index (Phi) is 4.84. The van der Waals surface area contributed by atoms with Crippen LogP contribution in [0.25, 0.3) is 0 Å². The fourth-order valence-corrected chi connectivity index (χ4v) is 1.87. The molecule has 5 nitrogen and oxygen atoms in total. The molecule has 1 rings (SSSR count). The van der Waals surface area contributed by atoms with Crippen molar-refractivity contribution in [1.82, 2.24) is 9.91 Å². The van der Waals surface area contributed by atoms with Gasteiger partial charge in [-0.25, -0.2) is 5.84 Å². The predicted octanol–water partition coefficient (Wildman–Crippen LogP) is 0.178. The molecule has 5 heteroatoms. The third kappa shape index (κ3) is 4.48. The van der Waals surface area contributed by atoms with Crippen molar-refractivity contribution in [3.8, 4) is 0 Å². The van der Waals surface area contributed by atoms with Gasteiger partial charge in [0.2, 0.25) is 5.96 Å². The second kappa shape index (κ2) is 5.92. The number of nitrogens with zero attached hydrogens (tertiary/aromatic N) is 2. The van der Waals surface area contributed by atoms with E-state index in [0.717, 1.165) is 18.9 Å². The summed E-state index contributed by atoms with van der Waals surface area (Å²) in [6, 6.07) is 0. The zero-order chi connectivity index (χ0) is 11.3. The maximum Gasteiger partial charge on any atom is 0.202 e. The summed E-state index contributed by atoms with van der Waals surface area (Å²) in [5, 5.41) is 8.41. The van der Waals surface area contributed by atoms with Crippen LogP contribution in [0.3, 0.4) is 0 Å². The first-order valence-electron chi connectivity index (χ1n) is 5.68. The monoisotopic (exact) mass is 213 g/mol. The van der Waals surface area contributed by atoms with E-state index in [1.807, 2.05) is 0 Å². The molecule has 1 fully saturated rings. The molecule has 1 saturated heterocycles. The van der Waals surface area contributed by atoms with Gasteiger partial charge in [0.05, 0.1) is 0 Å². The molecule has 0 saturated carbocycles. The third-order valence-corrected chi connectivity index (χ3v) is 3.06. The van der Waals surface area contributed by atoms with Crippen LogP contribution in [0.15, 0.2) is 0 Å². The van der Waals surface area contributed by atoms with Crippen LogP contribution < -0.4 is 11.6 Å². The van der Waals surface area contributed by atoms with Gasteiger partial charge in [-0.1, -0.05) is 6.92 Å². The lowest BCUT2D eigenvalue weighted by Gasteiger charge is -2.30. The first-order valence-corrected chi connectivity index (χ1v) is 5.68. The maximum atomic E-state index is 7.11. The first-order chi connectivity index (χ1) is 7.09. The van der Waals surface area contributed by atoms with Crippen molar-refractivity contribution in [1.29, 1.82) is 5.41 Å². The number of hydrogen-bond acceptors (Lipinski definition) is 3. The molecule has 15 heavy (non-hydrogen) atoms. The van der Waals surface area contributed by atoms with Gasteiger partial charge < -0.3 is 10.6 Å². The quantitative estimate of drug-likeness (QED) is 0.269. The Morgan fingerprint density at radius 3 is 2.60 bits per heavy atom. The second-order valence-corrected chi connectivity index (χ2v) is 4.46. The van der Waals surface area contributed by atoms with Crippen molar-refractivity contribution in [2.45, 2.75) is 26.2 Å². The molecule has 5 N–H and O–H groups in total. The summed E-state index contributed by atoms with van der Waals surface area (Å²) < 4.78 is 0. The molecule has 0 amide bonds. The highest BCUT2D eigenvalue weighted by atomic mass is 15.4. The smallest absolute Gasteiger partial charge is 0.202 e. The van der Waals surface area contributed by atoms with Gasteiger partial charge in [-0.15, -0.1) is 0 Å². The standard InChI is InChI=1S/C10H23N5/c1-9-3-7-14(8-4-9)5-2-6-15(13)10(11)12/h9H,2-8,13H2,1H3,(H3,11,12). The fourth-order valence-electron chi connectivity index (χ4n) is 1.87. The maximum absolute atomic E-state index is 7.11. The molecule has 1 aliphatic heterocycles. The van der Waals surface area contributed by atoms with E-state index in [1.54, 1.807) is 0 Å². The fraction of sp³-hybridized carbons (Fsp3) is 0.900. The molecular formula is C10H23N5. The number of rotatable bonds is 4. The zero-order valence-corrected chi connectivity index (χ0v) is 9.58. The summed E-state index contributed by atoms with van der Waals surface area (Å²) in [6.07, 6.45) is 3.59. The predicted molar refractivity (Wildman–Crippen MR) is 62.3 cm³/mol. The summed E-state index contributed by atoms with van der Waals surface area (Å²) in [6.45, 7) is 6.45. The van der Waals surface area contributed by atoms with Crippen molar-refractivity contribution in [3.63, 3.8) is 0 Å². The summed E-state index contributed by atoms with van der Waals surface area (Å²) >= 11 is 0. The Bertz CT molecular complexity index is 198. The van der Waals surface area contributed by atoms with Gasteiger partial charge in [-0.3, -0.25) is 10.4 Å². The molecule has 0 atom stereocenters. The van der Waals surface area contributed by atoms with E-state index in [-0.39, 0.29) is 5.96 Å². The van der Waals surface area contributed by atoms with E-state index in [2.05, 4.69) is 11.8 Å². The van der Waals surface area contributed by atoms with Crippen LogP contribution in [0.4, 0.5) is 0 Å². The molecule has 0 bridgehead atoms. The van der Waals surface area contributed by atoms with Crippen LogP contribution in [0, 0.1) is 11.3 Å². The van der Waals surface area contributed by atoms with Crippen molar-refractivity contribution >= 4 is 5.96 Å². The number of piperidine rings is 1. The number of guanidine groups is 1. The number of hydrogen-bond donors (Lipinski definition) is 3. The minimum absolute atomic E-state index is 0.0535. The molecule has 0 aromatic rings. The van der Waals surface area contributed by atoms with E-state index in [4.69, 9.17) is 17.0 Å². The topological polar surface area (TPSA) is 82.4 Å². The van der Waals surface area contributed by atoms with Crippen molar-refractivity contribution in [2.75, 3.05) is 26.2 Å². The van der Waals surface area contributed by atoms with Crippen molar-refractivity contribution < 1.29 is 0 Å². The normalized spacial score (nSPS) is 19.1. The second-order valence-electron chi connectivity index (χ2n) is 4.46. The number of nitrogens with two attached hydrogens (primary N) is 2. The van der Waals surface area contributed by atoms with Crippen molar-refractivity contribution in [2.24, 2.45) is 17.5 Å². The average Bonchev–Trinajstić information content (AvgIpc) is 2.20. The minimum atomic E-state index is -0.0535. The highest BCUT2D eigenvalue weighted by molar-refractivity contribution is 5.73. The van der Waals surface area contributed by atoms with E-state index >= 15 is 0 Å². The molecule has 0 radical (unpaired) electrons. The number of hydrazine groups is 1. The molecule has 1 heterocycles. The Labute approximate surface area is 91.9 Å². The minimum Gasteiger partial charge on any atom is -0.369 e. The largest absolute Gasteiger partial charge is 0.369 e. The summed E-state index contributed by atoms with van der Waals surface area (Å²) in [5.74, 6) is 6.35. The summed E-state index contributed by atoms with van der Waals surface area (Å²) in [4.78, 5) is 2.47. The Balaban J connectivity index is 2.07. The average molecular weight is 213 g/mol. The van der Waals surface area contributed by atoms with Crippen LogP contribution in [-0.2, 0) is 0 Å². The molecule has 0 unspecified atom stereocenters. The lowest BCUT2D eigenvalue weighted by atomic mass is 9.99. The lowest BCUT2D eigenvalue weighted by molar-refractivity contribution is 0.186. The third-order valence-electron chi connectivity index (χ3n) is 3.06. The molecule has 0 aliphatic carbocycles. The van der Waals surface area contributed by atoms with Gasteiger partial charge in [0.25, 0.3) is 0 Å². The van der Waals surface area contributed by atoms with Crippen molar-refractivity contribution in [3.05, 3.63) is 0 Å². The van der Waals surface area contributed by atoms with E-state index in [0.29, 0.717) is 6.54 Å². The highest BCUT2D eigenvalue weighted by Gasteiger charge is 2.15. The molecule has 0 aromatic carbocycles. The summed E-state index contributed by atoms with van der Waals surface area (Å²) in [7, 11) is 0. The summed E-state index contributed by atoms with van der Waals surface area (Å²) in [5.41, 5.74) is 5.24. The van der Waals surface area contributed by atoms with Crippen LogP contribution >= 0.6 is 0 Å². The molecule has 0 spiro atoms. The number of nitrogens with one attached hydrogen (secondary N) is 1. The Morgan fingerprint density at radius 2 is 2.07 bits per heavy atom. The molecule has 88 valence electrons. The van der Waals surface area contributed by atoms with Gasteiger partial charge in [0.15, 0.2) is 0 Å². The lowest BCUT2D eigenvalue weighted by Crippen LogP contribution is -2.43. The number of likely N-dealkylation sites (tertiary alicyclic amines) is 1. The van der Waals surface area contributed by atoms with E-state index in [1.165, 1.54) is 30.9 Å². The van der Waals surface area contributed by atoms with Crippen LogP contribution in [0.1, 0.15) is 26.2 Å². The molecule has 1 aliphatic rings. The highest BCUT2D eigenvalue weighted by Crippen LogP contribution is 2.15. The van der Waals surface area contributed by atoms with E-state index in [9.17, 15) is 0 Å². The molecule has 0 aromatic heterocycles. The van der Waals surface area contributed by atoms with Crippen LogP contribution in [0.2, 0.25) is 0 Å². The van der Waals surface area contributed by atoms with Gasteiger partial charge in [0, 0.05) is 6.54 Å². The van der Waals surface area contributed by atoms with Gasteiger partial charge in [-0.05, 0) is 44.8 Å². The zero-order valence-electron chi connectivity index (χ0n) is 9.58. The first kappa shape index (κ1) is 12.3.